The fourth-order valence-corrected chi connectivity index (χ4v) is 7.55. The van der Waals surface area contributed by atoms with Crippen molar-refractivity contribution in [2.24, 2.45) is 11.3 Å². The molecule has 2 aromatic carbocycles. The fraction of sp³-hybridized carbons (Fsp3) is 0.529. The molecule has 6 rings (SSSR count). The van der Waals surface area contributed by atoms with Crippen molar-refractivity contribution in [1.82, 2.24) is 30.3 Å². The van der Waals surface area contributed by atoms with Crippen LogP contribution >= 0.6 is 0 Å². The summed E-state index contributed by atoms with van der Waals surface area (Å²) >= 11 is 0. The number of carbonyl (C=O) groups is 2. The van der Waals surface area contributed by atoms with Gasteiger partial charge in [0.25, 0.3) is 0 Å². The largest absolute Gasteiger partial charge is 0.497 e. The van der Waals surface area contributed by atoms with Gasteiger partial charge in [0.15, 0.2) is 0 Å². The highest BCUT2D eigenvalue weighted by Crippen LogP contribution is 2.47. The van der Waals surface area contributed by atoms with E-state index in [1.54, 1.807) is 13.4 Å². The molecule has 43 heavy (non-hydrogen) atoms. The summed E-state index contributed by atoms with van der Waals surface area (Å²) < 4.78 is 7.31. The van der Waals surface area contributed by atoms with Gasteiger partial charge in [-0.25, -0.2) is 4.98 Å². The molecule has 1 aromatic heterocycles. The number of nitrogens with zero attached hydrogens (tertiary/aromatic N) is 4. The van der Waals surface area contributed by atoms with Gasteiger partial charge in [0.1, 0.15) is 24.4 Å². The summed E-state index contributed by atoms with van der Waals surface area (Å²) in [5, 5.41) is 11.0. The minimum absolute atomic E-state index is 0.00150. The van der Waals surface area contributed by atoms with Crippen LogP contribution in [0.2, 0.25) is 0 Å². The van der Waals surface area contributed by atoms with E-state index in [1.165, 1.54) is 43.2 Å². The van der Waals surface area contributed by atoms with Crippen molar-refractivity contribution in [3.63, 3.8) is 0 Å². The minimum atomic E-state index is -0.641. The topological polar surface area (TPSA) is 101 Å². The molecule has 9 heteroatoms. The zero-order chi connectivity index (χ0) is 29.6. The second-order valence-corrected chi connectivity index (χ2v) is 12.6. The van der Waals surface area contributed by atoms with Crippen molar-refractivity contribution < 1.29 is 14.3 Å². The number of likely N-dealkylation sites (tertiary alicyclic amines) is 1. The Hall–Kier alpha value is -3.72. The lowest BCUT2D eigenvalue weighted by molar-refractivity contribution is -0.140. The van der Waals surface area contributed by atoms with E-state index < -0.39 is 6.04 Å². The van der Waals surface area contributed by atoms with Crippen molar-refractivity contribution in [3.05, 3.63) is 77.9 Å². The van der Waals surface area contributed by atoms with Crippen molar-refractivity contribution in [3.8, 4) is 5.75 Å². The van der Waals surface area contributed by atoms with Crippen LogP contribution in [0.15, 0.2) is 61.2 Å². The van der Waals surface area contributed by atoms with Gasteiger partial charge in [-0.05, 0) is 72.3 Å². The van der Waals surface area contributed by atoms with Crippen LogP contribution in [0.3, 0.4) is 0 Å². The molecule has 3 aliphatic rings. The molecular formula is C34H44N6O3. The van der Waals surface area contributed by atoms with E-state index in [1.807, 2.05) is 52.3 Å². The SMILES string of the molecule is COc1ccc(CC(NC(=O)[C@H]2Cc3ccccc3CN2)C(=O)N2CCC(Cn3cncn3)(C3CCCCC3)CC2)cc1. The monoisotopic (exact) mass is 584 g/mol. The molecule has 1 saturated heterocycles. The van der Waals surface area contributed by atoms with E-state index in [0.29, 0.717) is 38.4 Å². The number of carbonyl (C=O) groups excluding carboxylic acids is 2. The molecule has 1 unspecified atom stereocenters. The summed E-state index contributed by atoms with van der Waals surface area (Å²) in [7, 11) is 1.64. The third-order valence-corrected chi connectivity index (χ3v) is 10.1. The van der Waals surface area contributed by atoms with Crippen molar-refractivity contribution in [2.45, 2.75) is 83.0 Å². The number of hydrogen-bond acceptors (Lipinski definition) is 6. The first kappa shape index (κ1) is 29.4. The van der Waals surface area contributed by atoms with E-state index in [-0.39, 0.29) is 23.3 Å². The first-order chi connectivity index (χ1) is 21.0. The molecule has 2 N–H and O–H groups in total. The highest BCUT2D eigenvalue weighted by atomic mass is 16.5. The van der Waals surface area contributed by atoms with Gasteiger partial charge in [-0.2, -0.15) is 5.10 Å². The smallest absolute Gasteiger partial charge is 0.245 e. The van der Waals surface area contributed by atoms with Gasteiger partial charge < -0.3 is 20.3 Å². The molecule has 2 fully saturated rings. The average molecular weight is 585 g/mol. The summed E-state index contributed by atoms with van der Waals surface area (Å²) in [5.41, 5.74) is 3.50. The Labute approximate surface area is 254 Å². The number of amides is 2. The van der Waals surface area contributed by atoms with Crippen LogP contribution in [0.4, 0.5) is 0 Å². The average Bonchev–Trinajstić information content (AvgIpc) is 3.58. The Morgan fingerprint density at radius 1 is 1.05 bits per heavy atom. The standard InChI is InChI=1S/C34H44N6O3/c1-43-29-13-11-25(12-14-29)19-31(38-32(41)30-20-26-7-5-6-8-27(26)21-36-30)33(42)39-17-15-34(16-18-39,22-40-24-35-23-37-40)28-9-3-2-4-10-28/h5-8,11-14,23-24,28,30-31,36H,2-4,9-10,15-22H2,1H3,(H,38,41)/t30-,31?/m1/s1. The molecule has 3 aromatic rings. The zero-order valence-electron chi connectivity index (χ0n) is 25.2. The van der Waals surface area contributed by atoms with Crippen LogP contribution in [-0.2, 0) is 35.5 Å². The van der Waals surface area contributed by atoms with Crippen LogP contribution in [0.1, 0.15) is 61.6 Å². The second-order valence-electron chi connectivity index (χ2n) is 12.6. The number of hydrogen-bond donors (Lipinski definition) is 2. The molecule has 2 aliphatic heterocycles. The van der Waals surface area contributed by atoms with Crippen LogP contribution in [0.5, 0.6) is 5.75 Å². The second kappa shape index (κ2) is 13.3. The van der Waals surface area contributed by atoms with Gasteiger partial charge in [-0.1, -0.05) is 55.7 Å². The number of benzene rings is 2. The molecule has 2 amide bonds. The van der Waals surface area contributed by atoms with E-state index in [0.717, 1.165) is 30.7 Å². The molecule has 9 nitrogen and oxygen atoms in total. The Balaban J connectivity index is 1.17. The van der Waals surface area contributed by atoms with Gasteiger partial charge in [-0.3, -0.25) is 14.3 Å². The van der Waals surface area contributed by atoms with Crippen molar-refractivity contribution in [2.75, 3.05) is 20.2 Å². The Morgan fingerprint density at radius 3 is 2.49 bits per heavy atom. The lowest BCUT2D eigenvalue weighted by atomic mass is 9.63. The molecule has 0 bridgehead atoms. The van der Waals surface area contributed by atoms with Crippen LogP contribution in [-0.4, -0.2) is 63.8 Å². The maximum absolute atomic E-state index is 14.2. The Bertz CT molecular complexity index is 1360. The van der Waals surface area contributed by atoms with Gasteiger partial charge in [0.05, 0.1) is 13.2 Å². The molecule has 2 atom stereocenters. The van der Waals surface area contributed by atoms with Crippen LogP contribution in [0.25, 0.3) is 0 Å². The van der Waals surface area contributed by atoms with Gasteiger partial charge >= 0.3 is 0 Å². The number of fused-ring (bicyclic) bond motifs is 1. The Morgan fingerprint density at radius 2 is 1.79 bits per heavy atom. The van der Waals surface area contributed by atoms with Crippen molar-refractivity contribution >= 4 is 11.8 Å². The third-order valence-electron chi connectivity index (χ3n) is 10.1. The first-order valence-corrected chi connectivity index (χ1v) is 15.9. The van der Waals surface area contributed by atoms with E-state index >= 15 is 0 Å². The summed E-state index contributed by atoms with van der Waals surface area (Å²) in [6.45, 7) is 2.87. The highest BCUT2D eigenvalue weighted by molar-refractivity contribution is 5.90. The minimum Gasteiger partial charge on any atom is -0.497 e. The van der Waals surface area contributed by atoms with Gasteiger partial charge in [0, 0.05) is 32.6 Å². The number of piperidine rings is 1. The number of ether oxygens (including phenoxy) is 1. The fourth-order valence-electron chi connectivity index (χ4n) is 7.55. The lowest BCUT2D eigenvalue weighted by Crippen LogP contribution is -2.57. The van der Waals surface area contributed by atoms with Gasteiger partial charge in [-0.15, -0.1) is 0 Å². The maximum atomic E-state index is 14.2. The molecule has 0 spiro atoms. The van der Waals surface area contributed by atoms with Crippen molar-refractivity contribution in [1.29, 1.82) is 0 Å². The van der Waals surface area contributed by atoms with E-state index in [9.17, 15) is 9.59 Å². The highest BCUT2D eigenvalue weighted by Gasteiger charge is 2.44. The zero-order valence-corrected chi connectivity index (χ0v) is 25.2. The predicted octanol–water partition coefficient (Wildman–Crippen LogP) is 3.92. The Kier molecular flexibility index (Phi) is 9.07. The number of aromatic nitrogens is 3. The molecule has 1 aliphatic carbocycles. The molecule has 1 saturated carbocycles. The van der Waals surface area contributed by atoms with E-state index in [4.69, 9.17) is 4.74 Å². The molecular weight excluding hydrogens is 540 g/mol. The first-order valence-electron chi connectivity index (χ1n) is 15.9. The number of rotatable bonds is 9. The molecule has 3 heterocycles. The molecule has 0 radical (unpaired) electrons. The van der Waals surface area contributed by atoms with Gasteiger partial charge in [0.2, 0.25) is 11.8 Å². The summed E-state index contributed by atoms with van der Waals surface area (Å²) in [6, 6.07) is 15.0. The normalized spacial score (nSPS) is 21.0. The van der Waals surface area contributed by atoms with Crippen LogP contribution in [0, 0.1) is 11.3 Å². The quantitative estimate of drug-likeness (QED) is 0.396. The number of methoxy groups -OCH3 is 1. The summed E-state index contributed by atoms with van der Waals surface area (Å²) in [4.78, 5) is 34.0. The number of nitrogens with one attached hydrogen (secondary N) is 2. The molecule has 228 valence electrons. The lowest BCUT2D eigenvalue weighted by Gasteiger charge is -2.48. The van der Waals surface area contributed by atoms with E-state index in [2.05, 4.69) is 32.8 Å². The third kappa shape index (κ3) is 6.77. The maximum Gasteiger partial charge on any atom is 0.245 e. The summed E-state index contributed by atoms with van der Waals surface area (Å²) in [5.74, 6) is 1.28. The summed E-state index contributed by atoms with van der Waals surface area (Å²) in [6.07, 6.45) is 12.7. The van der Waals surface area contributed by atoms with Crippen LogP contribution < -0.4 is 15.4 Å². The predicted molar refractivity (Wildman–Crippen MR) is 164 cm³/mol.